The van der Waals surface area contributed by atoms with Crippen molar-refractivity contribution < 1.29 is 23.0 Å². The van der Waals surface area contributed by atoms with Crippen molar-refractivity contribution in [2.75, 3.05) is 26.3 Å². The lowest BCUT2D eigenvalue weighted by Crippen LogP contribution is -2.41. The molecule has 1 amide bonds. The number of amides is 1. The number of hydrogen-bond donors (Lipinski definition) is 1. The van der Waals surface area contributed by atoms with Crippen molar-refractivity contribution >= 4 is 17.5 Å². The molecule has 0 bridgehead atoms. The fraction of sp³-hybridized carbons (Fsp3) is 0.441. The van der Waals surface area contributed by atoms with E-state index in [0.29, 0.717) is 36.1 Å². The van der Waals surface area contributed by atoms with E-state index in [9.17, 15) is 13.6 Å². The highest BCUT2D eigenvalue weighted by Gasteiger charge is 2.51. The zero-order chi connectivity index (χ0) is 29.4. The third-order valence-corrected chi connectivity index (χ3v) is 9.72. The first-order valence-corrected chi connectivity index (χ1v) is 15.2. The molecule has 0 radical (unpaired) electrons. The smallest absolute Gasteiger partial charge is 0.227 e. The first-order chi connectivity index (χ1) is 20.3. The standard InChI is InChI=1S/C34H37ClF2N2O3/c1-20-4-3-5-23(21(20)2)19-39(25-8-9-25)34(40)31-27(16-24-17-38-18-28(24)31)22-6-10-26(11-7-22)41-14-15-42-33-30(37)13-12-29(36)32(33)35/h3-7,10-13,24-25,27-28,31,38H,8-9,14-19H2,1-2H3/t24-,27-,28+,31+/m1/s1. The van der Waals surface area contributed by atoms with E-state index < -0.39 is 11.6 Å². The van der Waals surface area contributed by atoms with Crippen LogP contribution >= 0.6 is 11.6 Å². The van der Waals surface area contributed by atoms with Gasteiger partial charge in [0, 0.05) is 18.5 Å². The molecule has 0 spiro atoms. The minimum atomic E-state index is -0.737. The number of nitrogens with one attached hydrogen (secondary N) is 1. The molecule has 222 valence electrons. The molecule has 5 nitrogen and oxygen atoms in total. The van der Waals surface area contributed by atoms with Gasteiger partial charge < -0.3 is 19.7 Å². The van der Waals surface area contributed by atoms with Crippen LogP contribution in [0.2, 0.25) is 5.02 Å². The van der Waals surface area contributed by atoms with Gasteiger partial charge in [0.1, 0.15) is 29.8 Å². The fourth-order valence-corrected chi connectivity index (χ4v) is 7.00. The van der Waals surface area contributed by atoms with Crippen molar-refractivity contribution in [3.8, 4) is 11.5 Å². The van der Waals surface area contributed by atoms with Gasteiger partial charge in [-0.2, -0.15) is 0 Å². The van der Waals surface area contributed by atoms with Gasteiger partial charge in [-0.05, 0) is 110 Å². The Kier molecular flexibility index (Phi) is 8.42. The molecule has 1 N–H and O–H groups in total. The van der Waals surface area contributed by atoms with Crippen LogP contribution in [0.25, 0.3) is 0 Å². The molecule has 6 rings (SSSR count). The number of carbonyl (C=O) groups excluding carboxylic acids is 1. The van der Waals surface area contributed by atoms with Gasteiger partial charge in [0.2, 0.25) is 5.91 Å². The molecule has 3 aliphatic rings. The highest BCUT2D eigenvalue weighted by Crippen LogP contribution is 2.50. The van der Waals surface area contributed by atoms with Gasteiger partial charge in [-0.25, -0.2) is 8.78 Å². The molecule has 2 aliphatic carbocycles. The van der Waals surface area contributed by atoms with Crippen molar-refractivity contribution in [3.05, 3.63) is 93.5 Å². The second kappa shape index (κ2) is 12.2. The number of halogens is 3. The SMILES string of the molecule is Cc1cccc(CN(C(=O)[C@@H]2[C@H]3CNC[C@H]3C[C@@H]2c2ccc(OCCOc3c(F)ccc(F)c3Cl)cc2)C2CC2)c1C. The molecular formula is C34H37ClF2N2O3. The number of nitrogens with zero attached hydrogens (tertiary/aromatic N) is 1. The molecule has 0 aromatic heterocycles. The van der Waals surface area contributed by atoms with Crippen LogP contribution in [0.5, 0.6) is 11.5 Å². The molecule has 1 aliphatic heterocycles. The normalized spacial score (nSPS) is 23.1. The quantitative estimate of drug-likeness (QED) is 0.207. The summed E-state index contributed by atoms with van der Waals surface area (Å²) >= 11 is 5.83. The van der Waals surface area contributed by atoms with Gasteiger partial charge in [-0.1, -0.05) is 41.9 Å². The molecule has 42 heavy (non-hydrogen) atoms. The minimum absolute atomic E-state index is 0.00875. The maximum Gasteiger partial charge on any atom is 0.227 e. The number of hydrogen-bond acceptors (Lipinski definition) is 4. The monoisotopic (exact) mass is 594 g/mol. The lowest BCUT2D eigenvalue weighted by atomic mass is 9.83. The van der Waals surface area contributed by atoms with E-state index in [2.05, 4.69) is 54.4 Å². The Hall–Kier alpha value is -3.16. The molecule has 1 heterocycles. The van der Waals surface area contributed by atoms with Crippen molar-refractivity contribution in [2.45, 2.75) is 51.6 Å². The van der Waals surface area contributed by atoms with Gasteiger partial charge in [0.15, 0.2) is 11.6 Å². The summed E-state index contributed by atoms with van der Waals surface area (Å²) in [5.41, 5.74) is 4.92. The summed E-state index contributed by atoms with van der Waals surface area (Å²) in [7, 11) is 0. The molecule has 8 heteroatoms. The largest absolute Gasteiger partial charge is 0.490 e. The van der Waals surface area contributed by atoms with Gasteiger partial charge in [0.05, 0.1) is 0 Å². The fourth-order valence-electron chi connectivity index (χ4n) is 6.79. The van der Waals surface area contributed by atoms with E-state index in [1.807, 2.05) is 12.1 Å². The molecular weight excluding hydrogens is 558 g/mol. The number of aryl methyl sites for hydroxylation is 1. The average Bonchev–Trinajstić information content (AvgIpc) is 3.61. The van der Waals surface area contributed by atoms with Crippen LogP contribution in [-0.4, -0.2) is 43.2 Å². The summed E-state index contributed by atoms with van der Waals surface area (Å²) in [6.45, 7) is 6.95. The molecule has 3 aromatic rings. The second-order valence-electron chi connectivity index (χ2n) is 11.9. The van der Waals surface area contributed by atoms with Gasteiger partial charge in [0.25, 0.3) is 0 Å². The highest BCUT2D eigenvalue weighted by atomic mass is 35.5. The first-order valence-electron chi connectivity index (χ1n) is 14.9. The summed E-state index contributed by atoms with van der Waals surface area (Å²) in [5.74, 6) is 0.0987. The van der Waals surface area contributed by atoms with E-state index in [0.717, 1.165) is 50.0 Å². The Labute approximate surface area is 251 Å². The molecule has 2 saturated carbocycles. The molecule has 4 atom stereocenters. The van der Waals surface area contributed by atoms with Crippen LogP contribution in [0, 0.1) is 43.2 Å². The van der Waals surface area contributed by atoms with Crippen LogP contribution in [0.3, 0.4) is 0 Å². The predicted octanol–water partition coefficient (Wildman–Crippen LogP) is 6.82. The Bertz CT molecular complexity index is 1450. The summed E-state index contributed by atoms with van der Waals surface area (Å²) in [4.78, 5) is 16.6. The van der Waals surface area contributed by atoms with Crippen LogP contribution in [0.4, 0.5) is 8.78 Å². The Morgan fingerprint density at radius 3 is 2.48 bits per heavy atom. The first kappa shape index (κ1) is 28.9. The summed E-state index contributed by atoms with van der Waals surface area (Å²) in [5, 5.41) is 3.16. The number of benzene rings is 3. The summed E-state index contributed by atoms with van der Waals surface area (Å²) < 4.78 is 38.7. The van der Waals surface area contributed by atoms with Gasteiger partial charge in [-0.15, -0.1) is 0 Å². The van der Waals surface area contributed by atoms with E-state index in [1.165, 1.54) is 16.7 Å². The van der Waals surface area contributed by atoms with Crippen molar-refractivity contribution in [1.82, 2.24) is 10.2 Å². The number of fused-ring (bicyclic) bond motifs is 1. The lowest BCUT2D eigenvalue weighted by Gasteiger charge is -2.32. The van der Waals surface area contributed by atoms with Crippen LogP contribution in [-0.2, 0) is 11.3 Å². The summed E-state index contributed by atoms with van der Waals surface area (Å²) in [6.07, 6.45) is 3.15. The van der Waals surface area contributed by atoms with Crippen molar-refractivity contribution in [1.29, 1.82) is 0 Å². The van der Waals surface area contributed by atoms with Gasteiger partial charge >= 0.3 is 0 Å². The lowest BCUT2D eigenvalue weighted by molar-refractivity contribution is -0.138. The zero-order valence-electron chi connectivity index (χ0n) is 24.0. The van der Waals surface area contributed by atoms with E-state index >= 15 is 0 Å². The third kappa shape index (κ3) is 5.86. The second-order valence-corrected chi connectivity index (χ2v) is 12.3. The maximum atomic E-state index is 14.4. The molecule has 3 fully saturated rings. The Morgan fingerprint density at radius 2 is 1.71 bits per heavy atom. The highest BCUT2D eigenvalue weighted by molar-refractivity contribution is 6.32. The maximum absolute atomic E-state index is 14.4. The minimum Gasteiger partial charge on any atom is -0.490 e. The Balaban J connectivity index is 1.14. The molecule has 0 unspecified atom stereocenters. The molecule has 1 saturated heterocycles. The number of ether oxygens (including phenoxy) is 2. The van der Waals surface area contributed by atoms with E-state index in [1.54, 1.807) is 0 Å². The average molecular weight is 595 g/mol. The van der Waals surface area contributed by atoms with E-state index in [4.69, 9.17) is 21.1 Å². The molecule has 3 aromatic carbocycles. The van der Waals surface area contributed by atoms with Crippen molar-refractivity contribution in [3.63, 3.8) is 0 Å². The predicted molar refractivity (Wildman–Crippen MR) is 159 cm³/mol. The number of rotatable bonds is 10. The van der Waals surface area contributed by atoms with Crippen molar-refractivity contribution in [2.24, 2.45) is 17.8 Å². The van der Waals surface area contributed by atoms with Gasteiger partial charge in [-0.3, -0.25) is 4.79 Å². The number of carbonyl (C=O) groups is 1. The Morgan fingerprint density at radius 1 is 0.976 bits per heavy atom. The third-order valence-electron chi connectivity index (χ3n) is 9.37. The summed E-state index contributed by atoms with van der Waals surface area (Å²) in [6, 6.07) is 16.6. The van der Waals surface area contributed by atoms with Crippen LogP contribution in [0.1, 0.15) is 47.4 Å². The topological polar surface area (TPSA) is 50.8 Å². The van der Waals surface area contributed by atoms with E-state index in [-0.39, 0.29) is 35.8 Å². The van der Waals surface area contributed by atoms with Crippen LogP contribution < -0.4 is 14.8 Å². The van der Waals surface area contributed by atoms with Crippen LogP contribution in [0.15, 0.2) is 54.6 Å². The zero-order valence-corrected chi connectivity index (χ0v) is 24.8.